The number of ether oxygens (including phenoxy) is 1. The largest absolute Gasteiger partial charge is 0.490 e. The number of nitrogens with zero attached hydrogens (tertiary/aromatic N) is 6. The number of aromatic nitrogens is 5. The maximum atomic E-state index is 13.1. The molecule has 15 nitrogen and oxygen atoms in total. The third-order valence-corrected chi connectivity index (χ3v) is 9.16. The summed E-state index contributed by atoms with van der Waals surface area (Å²) in [4.78, 5) is 51.5. The van der Waals surface area contributed by atoms with E-state index in [2.05, 4.69) is 35.7 Å². The molecule has 4 N–H and O–H groups in total. The van der Waals surface area contributed by atoms with E-state index in [1.54, 1.807) is 23.7 Å². The summed E-state index contributed by atoms with van der Waals surface area (Å²) < 4.78 is 75.1. The molecule has 0 saturated carbocycles. The van der Waals surface area contributed by atoms with Crippen molar-refractivity contribution in [2.45, 2.75) is 44.0 Å². The lowest BCUT2D eigenvalue weighted by molar-refractivity contribution is -0.193. The van der Waals surface area contributed by atoms with E-state index in [1.807, 2.05) is 52.9 Å². The topological polar surface area (TPSA) is 206 Å². The SMILES string of the molecule is O=C(COc1ccc2cc1CCc1cncc(c1)Nc1ncc(Cl)c(n1)N2)N1CCC(c2nc(-c3cccs3)no2)CC1.O=C(O)C(F)(F)F.O=C(O)C(F)(F)F. The van der Waals surface area contributed by atoms with Crippen molar-refractivity contribution in [1.82, 2.24) is 30.0 Å². The molecule has 5 aromatic rings. The lowest BCUT2D eigenvalue weighted by Gasteiger charge is -2.30. The molecule has 1 saturated heterocycles. The molecular weight excluding hydrogens is 814 g/mol. The second-order valence-electron chi connectivity index (χ2n) is 12.0. The number of carboxylic acids is 2. The van der Waals surface area contributed by atoms with E-state index >= 15 is 0 Å². The molecule has 0 aliphatic carbocycles. The van der Waals surface area contributed by atoms with E-state index in [-0.39, 0.29) is 18.4 Å². The molecule has 302 valence electrons. The molecule has 0 unspecified atom stereocenters. The van der Waals surface area contributed by atoms with Gasteiger partial charge in [-0.05, 0) is 72.5 Å². The Morgan fingerprint density at radius 2 is 1.63 bits per heavy atom. The summed E-state index contributed by atoms with van der Waals surface area (Å²) in [6.07, 6.45) is -2.12. The third kappa shape index (κ3) is 12.0. The highest BCUT2D eigenvalue weighted by atomic mass is 35.5. The Morgan fingerprint density at radius 3 is 2.28 bits per heavy atom. The number of thiophene rings is 1. The number of carbonyl (C=O) groups is 3. The second-order valence-corrected chi connectivity index (χ2v) is 13.4. The Hall–Kier alpha value is -6.03. The molecule has 6 heterocycles. The van der Waals surface area contributed by atoms with Gasteiger partial charge in [-0.2, -0.15) is 36.3 Å². The predicted molar refractivity (Wildman–Crippen MR) is 191 cm³/mol. The number of alkyl halides is 6. The fourth-order valence-corrected chi connectivity index (χ4v) is 6.05. The highest BCUT2D eigenvalue weighted by Crippen LogP contribution is 2.32. The Balaban J connectivity index is 0.000000380. The number of aryl methyl sites for hydroxylation is 2. The normalized spacial score (nSPS) is 14.1. The van der Waals surface area contributed by atoms with Gasteiger partial charge in [-0.15, -0.1) is 11.3 Å². The number of halogens is 7. The van der Waals surface area contributed by atoms with E-state index < -0.39 is 24.3 Å². The number of carbonyl (C=O) groups excluding carboxylic acids is 1. The van der Waals surface area contributed by atoms with Crippen molar-refractivity contribution in [1.29, 1.82) is 0 Å². The Labute approximate surface area is 326 Å². The summed E-state index contributed by atoms with van der Waals surface area (Å²) in [6.45, 7) is 1.17. The number of pyridine rings is 1. The van der Waals surface area contributed by atoms with Gasteiger partial charge in [0.15, 0.2) is 12.4 Å². The van der Waals surface area contributed by atoms with Crippen molar-refractivity contribution >= 4 is 63.9 Å². The zero-order chi connectivity index (χ0) is 41.3. The molecule has 2 aliphatic heterocycles. The maximum absolute atomic E-state index is 13.1. The van der Waals surface area contributed by atoms with Crippen LogP contribution in [0.5, 0.6) is 5.75 Å². The molecule has 23 heteroatoms. The Kier molecular flexibility index (Phi) is 13.5. The van der Waals surface area contributed by atoms with Crippen LogP contribution in [0.2, 0.25) is 5.02 Å². The lowest BCUT2D eigenvalue weighted by atomic mass is 9.97. The van der Waals surface area contributed by atoms with Gasteiger partial charge in [0.2, 0.25) is 17.7 Å². The first-order chi connectivity index (χ1) is 27.0. The molecule has 4 aromatic heterocycles. The van der Waals surface area contributed by atoms with Crippen LogP contribution in [-0.2, 0) is 27.2 Å². The smallest absolute Gasteiger partial charge is 0.483 e. The van der Waals surface area contributed by atoms with Crippen molar-refractivity contribution in [3.8, 4) is 16.5 Å². The molecule has 0 atom stereocenters. The fraction of sp³-hybridized carbons (Fsp3) is 0.294. The zero-order valence-corrected chi connectivity index (χ0v) is 30.5. The molecule has 1 aromatic carbocycles. The summed E-state index contributed by atoms with van der Waals surface area (Å²) >= 11 is 7.96. The molecule has 0 spiro atoms. The molecule has 2 aliphatic rings. The van der Waals surface area contributed by atoms with E-state index in [4.69, 9.17) is 40.7 Å². The average Bonchev–Trinajstić information content (AvgIpc) is 3.88. The highest BCUT2D eigenvalue weighted by molar-refractivity contribution is 7.13. The minimum Gasteiger partial charge on any atom is -0.483 e. The van der Waals surface area contributed by atoms with Gasteiger partial charge in [-0.25, -0.2) is 14.6 Å². The van der Waals surface area contributed by atoms with Crippen LogP contribution < -0.4 is 15.4 Å². The first-order valence-corrected chi connectivity index (χ1v) is 17.7. The summed E-state index contributed by atoms with van der Waals surface area (Å²) in [5.74, 6) is -2.63. The van der Waals surface area contributed by atoms with E-state index in [0.29, 0.717) is 53.8 Å². The standard InChI is InChI=1S/C30H27ClN8O3S.2C2HF3O2/c31-23-16-33-30-35-22-12-18(14-32-15-22)3-4-20-13-21(34-27(23)37-30)5-6-24(20)41-17-26(40)39-9-7-19(8-10-39)29-36-28(38-42-29)25-2-1-11-43-25;2*3-2(4,5)1(6)7/h1-2,5-6,11-16,19H,3-4,7-10,17H2,(H2,33,34,35,37);2*(H,6,7). The van der Waals surface area contributed by atoms with Crippen molar-refractivity contribution in [3.05, 3.63) is 82.4 Å². The number of likely N-dealkylation sites (tertiary alicyclic amines) is 1. The van der Waals surface area contributed by atoms with Gasteiger partial charge in [-0.1, -0.05) is 22.8 Å². The number of amides is 1. The number of piperidine rings is 1. The van der Waals surface area contributed by atoms with Gasteiger partial charge in [-0.3, -0.25) is 9.78 Å². The number of carboxylic acid groups (broad SMARTS) is 2. The van der Waals surface area contributed by atoms with E-state index in [1.165, 1.54) is 0 Å². The minimum absolute atomic E-state index is 0.0460. The van der Waals surface area contributed by atoms with Gasteiger partial charge in [0.1, 0.15) is 10.8 Å². The average molecular weight is 843 g/mol. The van der Waals surface area contributed by atoms with E-state index in [9.17, 15) is 31.1 Å². The van der Waals surface area contributed by atoms with Crippen LogP contribution in [0.15, 0.2) is 64.9 Å². The second kappa shape index (κ2) is 18.3. The molecule has 6 bridgehead atoms. The van der Waals surface area contributed by atoms with Gasteiger partial charge in [0, 0.05) is 30.9 Å². The molecule has 57 heavy (non-hydrogen) atoms. The van der Waals surface area contributed by atoms with Crippen molar-refractivity contribution in [2.24, 2.45) is 0 Å². The van der Waals surface area contributed by atoms with E-state index in [0.717, 1.165) is 46.6 Å². The maximum Gasteiger partial charge on any atom is 0.490 e. The van der Waals surface area contributed by atoms with Gasteiger partial charge < -0.3 is 35.0 Å². The Morgan fingerprint density at radius 1 is 0.930 bits per heavy atom. The molecule has 1 amide bonds. The minimum atomic E-state index is -5.08. The first-order valence-electron chi connectivity index (χ1n) is 16.5. The van der Waals surface area contributed by atoms with Crippen LogP contribution in [0.4, 0.5) is 49.5 Å². The van der Waals surface area contributed by atoms with Gasteiger partial charge in [0.05, 0.1) is 23.0 Å². The number of rotatable bonds is 5. The summed E-state index contributed by atoms with van der Waals surface area (Å²) in [6, 6.07) is 11.7. The Bertz CT molecular complexity index is 2160. The summed E-state index contributed by atoms with van der Waals surface area (Å²) in [5.41, 5.74) is 3.59. The third-order valence-electron chi connectivity index (χ3n) is 8.02. The van der Waals surface area contributed by atoms with Crippen LogP contribution in [0.25, 0.3) is 10.7 Å². The number of hydrogen-bond acceptors (Lipinski definition) is 13. The number of anilines is 4. The lowest BCUT2D eigenvalue weighted by Crippen LogP contribution is -2.40. The molecular formula is C34H29ClF6N8O7S. The zero-order valence-electron chi connectivity index (χ0n) is 29.0. The number of nitrogens with one attached hydrogen (secondary N) is 2. The summed E-state index contributed by atoms with van der Waals surface area (Å²) in [5, 5.41) is 27.2. The number of fused-ring (bicyclic) bond motifs is 6. The van der Waals surface area contributed by atoms with Crippen molar-refractivity contribution in [3.63, 3.8) is 0 Å². The van der Waals surface area contributed by atoms with Crippen LogP contribution in [0.3, 0.4) is 0 Å². The van der Waals surface area contributed by atoms with Crippen LogP contribution >= 0.6 is 22.9 Å². The first kappa shape index (κ1) is 42.1. The molecule has 7 rings (SSSR count). The number of aliphatic carboxylic acids is 2. The number of hydrogen-bond donors (Lipinski definition) is 4. The van der Waals surface area contributed by atoms with Crippen LogP contribution in [-0.4, -0.2) is 90.1 Å². The molecule has 1 fully saturated rings. The molecule has 0 radical (unpaired) electrons. The van der Waals surface area contributed by atoms with Crippen molar-refractivity contribution < 1.29 is 60.2 Å². The van der Waals surface area contributed by atoms with Crippen LogP contribution in [0.1, 0.15) is 35.8 Å². The fourth-order valence-electron chi connectivity index (χ4n) is 5.26. The van der Waals surface area contributed by atoms with Gasteiger partial charge in [0.25, 0.3) is 5.91 Å². The predicted octanol–water partition coefficient (Wildman–Crippen LogP) is 7.27. The highest BCUT2D eigenvalue weighted by Gasteiger charge is 2.39. The monoisotopic (exact) mass is 842 g/mol. The van der Waals surface area contributed by atoms with Crippen LogP contribution in [0, 0.1) is 0 Å². The van der Waals surface area contributed by atoms with Crippen molar-refractivity contribution in [2.75, 3.05) is 30.3 Å². The quantitative estimate of drug-likeness (QED) is 0.129. The number of benzene rings is 1. The summed E-state index contributed by atoms with van der Waals surface area (Å²) in [7, 11) is 0. The van der Waals surface area contributed by atoms with Gasteiger partial charge >= 0.3 is 24.3 Å².